The molecule has 0 spiro atoms. The van der Waals surface area contributed by atoms with Crippen molar-refractivity contribution in [1.82, 2.24) is 9.55 Å². The standard InChI is InChI=1S/C16H15ClN2O3S/c17-12-7-5-11(6-8-12)15(23(21)22)9-10-19-14-4-2-1-3-13(14)18-16(19)20/h1-8,15H,9-10H2,(H,18,20)(H,21,22)/p-1. The SMILES string of the molecule is O=c1[nH]c2ccccc2n1CCC(c1ccc(Cl)cc1)S(=O)[O-]. The molecule has 0 saturated heterocycles. The lowest BCUT2D eigenvalue weighted by atomic mass is 10.1. The number of para-hydroxylation sites is 2. The molecule has 23 heavy (non-hydrogen) atoms. The highest BCUT2D eigenvalue weighted by Gasteiger charge is 2.14. The molecule has 0 aliphatic rings. The summed E-state index contributed by atoms with van der Waals surface area (Å²) in [6.45, 7) is 0.310. The molecule has 120 valence electrons. The van der Waals surface area contributed by atoms with E-state index in [2.05, 4.69) is 4.98 Å². The largest absolute Gasteiger partial charge is 0.772 e. The second kappa shape index (κ2) is 6.70. The zero-order valence-corrected chi connectivity index (χ0v) is 13.6. The first kappa shape index (κ1) is 16.0. The molecule has 0 amide bonds. The molecule has 1 N–H and O–H groups in total. The highest BCUT2D eigenvalue weighted by atomic mass is 35.5. The van der Waals surface area contributed by atoms with Gasteiger partial charge in [0.15, 0.2) is 0 Å². The Hall–Kier alpha value is -1.89. The van der Waals surface area contributed by atoms with E-state index in [1.807, 2.05) is 24.3 Å². The summed E-state index contributed by atoms with van der Waals surface area (Å²) in [5.74, 6) is 0. The first-order valence-corrected chi connectivity index (χ1v) is 8.59. The first-order chi connectivity index (χ1) is 11.1. The van der Waals surface area contributed by atoms with Crippen LogP contribution in [0.4, 0.5) is 0 Å². The van der Waals surface area contributed by atoms with E-state index < -0.39 is 16.3 Å². The average Bonchev–Trinajstić information content (AvgIpc) is 2.85. The Morgan fingerprint density at radius 2 is 1.87 bits per heavy atom. The fourth-order valence-electron chi connectivity index (χ4n) is 2.63. The van der Waals surface area contributed by atoms with Gasteiger partial charge >= 0.3 is 5.69 Å². The normalized spacial score (nSPS) is 14.0. The van der Waals surface area contributed by atoms with Crippen LogP contribution in [0.2, 0.25) is 5.02 Å². The molecule has 0 bridgehead atoms. The average molecular weight is 350 g/mol. The molecule has 0 fully saturated rings. The van der Waals surface area contributed by atoms with Gasteiger partial charge in [0.05, 0.1) is 11.0 Å². The Morgan fingerprint density at radius 1 is 1.17 bits per heavy atom. The minimum absolute atomic E-state index is 0.238. The number of nitrogens with one attached hydrogen (secondary N) is 1. The van der Waals surface area contributed by atoms with Gasteiger partial charge in [0, 0.05) is 16.8 Å². The third-order valence-corrected chi connectivity index (χ3v) is 5.00. The molecular formula is C16H14ClN2O3S-. The summed E-state index contributed by atoms with van der Waals surface area (Å²) in [4.78, 5) is 14.8. The number of hydrogen-bond acceptors (Lipinski definition) is 3. The minimum Gasteiger partial charge on any atom is -0.772 e. The van der Waals surface area contributed by atoms with Crippen LogP contribution in [-0.4, -0.2) is 18.3 Å². The van der Waals surface area contributed by atoms with Gasteiger partial charge in [-0.15, -0.1) is 0 Å². The topological polar surface area (TPSA) is 77.9 Å². The molecule has 2 unspecified atom stereocenters. The van der Waals surface area contributed by atoms with Crippen molar-refractivity contribution >= 4 is 33.7 Å². The van der Waals surface area contributed by atoms with Crippen LogP contribution < -0.4 is 5.69 Å². The van der Waals surface area contributed by atoms with E-state index in [0.717, 1.165) is 11.0 Å². The number of rotatable bonds is 5. The lowest BCUT2D eigenvalue weighted by molar-refractivity contribution is 0.509. The summed E-state index contributed by atoms with van der Waals surface area (Å²) in [5.41, 5.74) is 1.93. The first-order valence-electron chi connectivity index (χ1n) is 7.07. The number of fused-ring (bicyclic) bond motifs is 1. The monoisotopic (exact) mass is 349 g/mol. The zero-order chi connectivity index (χ0) is 16.4. The van der Waals surface area contributed by atoms with Gasteiger partial charge in [0.2, 0.25) is 0 Å². The molecule has 0 radical (unpaired) electrons. The number of H-pyrrole nitrogens is 1. The molecule has 1 heterocycles. The van der Waals surface area contributed by atoms with Crippen molar-refractivity contribution in [3.8, 4) is 0 Å². The van der Waals surface area contributed by atoms with Gasteiger partial charge in [-0.05, 0) is 47.3 Å². The van der Waals surface area contributed by atoms with E-state index in [1.54, 1.807) is 28.8 Å². The van der Waals surface area contributed by atoms with Crippen molar-refractivity contribution in [3.63, 3.8) is 0 Å². The maximum atomic E-state index is 12.0. The summed E-state index contributed by atoms with van der Waals surface area (Å²) < 4.78 is 24.7. The van der Waals surface area contributed by atoms with Crippen LogP contribution in [0.15, 0.2) is 53.3 Å². The lowest BCUT2D eigenvalue weighted by Gasteiger charge is -2.20. The summed E-state index contributed by atoms with van der Waals surface area (Å²) >= 11 is 3.56. The van der Waals surface area contributed by atoms with Crippen LogP contribution in [0.25, 0.3) is 11.0 Å². The number of aromatic nitrogens is 2. The van der Waals surface area contributed by atoms with Gasteiger partial charge in [0.25, 0.3) is 0 Å². The van der Waals surface area contributed by atoms with Gasteiger partial charge in [-0.1, -0.05) is 35.9 Å². The van der Waals surface area contributed by atoms with Gasteiger partial charge in [-0.3, -0.25) is 8.78 Å². The van der Waals surface area contributed by atoms with Gasteiger partial charge in [-0.2, -0.15) is 0 Å². The molecule has 0 aliphatic heterocycles. The molecule has 3 rings (SSSR count). The molecule has 2 aromatic carbocycles. The van der Waals surface area contributed by atoms with E-state index in [4.69, 9.17) is 11.6 Å². The Labute approximate surface area is 140 Å². The number of nitrogens with zero attached hydrogens (tertiary/aromatic N) is 1. The van der Waals surface area contributed by atoms with Crippen molar-refractivity contribution < 1.29 is 8.76 Å². The highest BCUT2D eigenvalue weighted by molar-refractivity contribution is 7.79. The summed E-state index contributed by atoms with van der Waals surface area (Å²) in [6, 6.07) is 14.0. The van der Waals surface area contributed by atoms with Crippen molar-refractivity contribution in [2.45, 2.75) is 18.2 Å². The lowest BCUT2D eigenvalue weighted by Crippen LogP contribution is -2.19. The smallest absolute Gasteiger partial charge is 0.326 e. The Bertz CT molecular complexity index is 902. The minimum atomic E-state index is -2.28. The van der Waals surface area contributed by atoms with E-state index in [0.29, 0.717) is 23.6 Å². The molecule has 1 aromatic heterocycles. The number of aromatic amines is 1. The van der Waals surface area contributed by atoms with Gasteiger partial charge in [0.1, 0.15) is 0 Å². The summed E-state index contributed by atoms with van der Waals surface area (Å²) in [6.07, 6.45) is 0.305. The van der Waals surface area contributed by atoms with Crippen LogP contribution >= 0.6 is 11.6 Å². The predicted octanol–water partition coefficient (Wildman–Crippen LogP) is 2.99. The van der Waals surface area contributed by atoms with Gasteiger partial charge < -0.3 is 9.54 Å². The van der Waals surface area contributed by atoms with Crippen LogP contribution in [-0.2, 0) is 17.6 Å². The Morgan fingerprint density at radius 3 is 2.57 bits per heavy atom. The summed E-state index contributed by atoms with van der Waals surface area (Å²) in [7, 11) is 0. The fraction of sp³-hybridized carbons (Fsp3) is 0.188. The quantitative estimate of drug-likeness (QED) is 0.719. The Balaban J connectivity index is 1.87. The van der Waals surface area contributed by atoms with Crippen LogP contribution in [0.3, 0.4) is 0 Å². The number of imidazole rings is 1. The molecular weight excluding hydrogens is 336 g/mol. The molecule has 0 aliphatic carbocycles. The number of hydrogen-bond donors (Lipinski definition) is 1. The van der Waals surface area contributed by atoms with E-state index in [9.17, 15) is 13.6 Å². The molecule has 0 saturated carbocycles. The van der Waals surface area contributed by atoms with Crippen molar-refractivity contribution in [1.29, 1.82) is 0 Å². The van der Waals surface area contributed by atoms with Crippen molar-refractivity contribution in [3.05, 3.63) is 69.6 Å². The molecule has 5 nitrogen and oxygen atoms in total. The van der Waals surface area contributed by atoms with Gasteiger partial charge in [-0.25, -0.2) is 4.79 Å². The summed E-state index contributed by atoms with van der Waals surface area (Å²) in [5, 5.41) is -0.134. The molecule has 2 atom stereocenters. The molecule has 3 aromatic rings. The second-order valence-corrected chi connectivity index (χ2v) is 6.71. The third kappa shape index (κ3) is 3.39. The van der Waals surface area contributed by atoms with E-state index >= 15 is 0 Å². The van der Waals surface area contributed by atoms with Crippen molar-refractivity contribution in [2.24, 2.45) is 0 Å². The zero-order valence-electron chi connectivity index (χ0n) is 12.1. The maximum absolute atomic E-state index is 12.0. The maximum Gasteiger partial charge on any atom is 0.326 e. The Kier molecular flexibility index (Phi) is 4.66. The highest BCUT2D eigenvalue weighted by Crippen LogP contribution is 2.25. The van der Waals surface area contributed by atoms with E-state index in [-0.39, 0.29) is 5.69 Å². The fourth-order valence-corrected chi connectivity index (χ4v) is 3.43. The van der Waals surface area contributed by atoms with E-state index in [1.165, 1.54) is 0 Å². The molecule has 7 heteroatoms. The van der Waals surface area contributed by atoms with Crippen molar-refractivity contribution in [2.75, 3.05) is 0 Å². The second-order valence-electron chi connectivity index (χ2n) is 5.19. The number of benzene rings is 2. The third-order valence-electron chi connectivity index (χ3n) is 3.77. The van der Waals surface area contributed by atoms with Crippen LogP contribution in [0.1, 0.15) is 17.2 Å². The van der Waals surface area contributed by atoms with Crippen LogP contribution in [0.5, 0.6) is 0 Å². The number of aryl methyl sites for hydroxylation is 1. The number of halogens is 1. The van der Waals surface area contributed by atoms with Crippen LogP contribution in [0, 0.1) is 0 Å². The predicted molar refractivity (Wildman–Crippen MR) is 90.3 cm³/mol.